The van der Waals surface area contributed by atoms with E-state index in [4.69, 9.17) is 9.47 Å². The fourth-order valence-corrected chi connectivity index (χ4v) is 2.64. The molecule has 0 fully saturated rings. The molecule has 6 nitrogen and oxygen atoms in total. The molecule has 1 heterocycles. The van der Waals surface area contributed by atoms with Gasteiger partial charge in [0, 0.05) is 18.6 Å². The number of benzene rings is 2. The molecule has 0 unspecified atom stereocenters. The third-order valence-electron chi connectivity index (χ3n) is 3.84. The van der Waals surface area contributed by atoms with Crippen LogP contribution < -0.4 is 9.47 Å². The highest BCUT2D eigenvalue weighted by molar-refractivity contribution is 6.08. The smallest absolute Gasteiger partial charge is 0.205 e. The van der Waals surface area contributed by atoms with Crippen molar-refractivity contribution in [2.75, 3.05) is 13.7 Å². The van der Waals surface area contributed by atoms with Gasteiger partial charge in [-0.05, 0) is 17.7 Å². The van der Waals surface area contributed by atoms with Gasteiger partial charge in [0.1, 0.15) is 35.2 Å². The molecule has 0 saturated carbocycles. The van der Waals surface area contributed by atoms with Gasteiger partial charge >= 0.3 is 0 Å². The molecule has 0 bridgehead atoms. The summed E-state index contributed by atoms with van der Waals surface area (Å²) in [5.74, 6) is -0.531. The second-order valence-electron chi connectivity index (χ2n) is 5.51. The summed E-state index contributed by atoms with van der Waals surface area (Å²) in [7, 11) is 1.55. The summed E-state index contributed by atoms with van der Waals surface area (Å²) in [6, 6.07) is 9.23. The molecule has 2 aromatic rings. The average molecular weight is 316 g/mol. The number of phenols is 2. The summed E-state index contributed by atoms with van der Waals surface area (Å²) in [5.41, 5.74) is -1.17. The van der Waals surface area contributed by atoms with Crippen molar-refractivity contribution in [1.29, 1.82) is 0 Å². The number of carbonyl (C=O) groups excluding carboxylic acids is 1. The zero-order chi connectivity index (χ0) is 16.6. The van der Waals surface area contributed by atoms with Gasteiger partial charge in [0.05, 0.1) is 7.11 Å². The SMILES string of the molecule is COc1ccc(C[C@@]2(O)COc3cc(O)cc(O)c3C2=O)cc1. The number of phenolic OH excluding ortho intramolecular Hbond substituents is 2. The van der Waals surface area contributed by atoms with E-state index in [9.17, 15) is 20.1 Å². The van der Waals surface area contributed by atoms with Crippen molar-refractivity contribution in [3.8, 4) is 23.0 Å². The van der Waals surface area contributed by atoms with Crippen molar-refractivity contribution >= 4 is 5.78 Å². The lowest BCUT2D eigenvalue weighted by Gasteiger charge is -2.32. The fourth-order valence-electron chi connectivity index (χ4n) is 2.64. The number of aromatic hydroxyl groups is 2. The molecule has 1 aliphatic rings. The predicted octanol–water partition coefficient (Wildman–Crippen LogP) is 1.66. The van der Waals surface area contributed by atoms with Gasteiger partial charge < -0.3 is 24.8 Å². The van der Waals surface area contributed by atoms with E-state index >= 15 is 0 Å². The van der Waals surface area contributed by atoms with Crippen LogP contribution in [0.1, 0.15) is 15.9 Å². The van der Waals surface area contributed by atoms with Gasteiger partial charge in [-0.1, -0.05) is 12.1 Å². The zero-order valence-electron chi connectivity index (χ0n) is 12.4. The quantitative estimate of drug-likeness (QED) is 0.797. The minimum Gasteiger partial charge on any atom is -0.508 e. The van der Waals surface area contributed by atoms with Gasteiger partial charge in [0.2, 0.25) is 5.78 Å². The molecule has 1 aliphatic heterocycles. The number of methoxy groups -OCH3 is 1. The normalized spacial score (nSPS) is 19.8. The Morgan fingerprint density at radius 1 is 1.22 bits per heavy atom. The van der Waals surface area contributed by atoms with Crippen LogP contribution in [0.15, 0.2) is 36.4 Å². The molecule has 1 atom stereocenters. The Kier molecular flexibility index (Phi) is 3.61. The van der Waals surface area contributed by atoms with Gasteiger partial charge in [-0.2, -0.15) is 0 Å². The van der Waals surface area contributed by atoms with Gasteiger partial charge in [0.25, 0.3) is 0 Å². The molecule has 0 spiro atoms. The van der Waals surface area contributed by atoms with E-state index in [1.165, 1.54) is 6.07 Å². The molecule has 0 aromatic heterocycles. The molecule has 0 aliphatic carbocycles. The lowest BCUT2D eigenvalue weighted by molar-refractivity contribution is -0.00240. The van der Waals surface area contributed by atoms with Crippen LogP contribution in [0, 0.1) is 0 Å². The monoisotopic (exact) mass is 316 g/mol. The van der Waals surface area contributed by atoms with Gasteiger partial charge in [-0.25, -0.2) is 0 Å². The third kappa shape index (κ3) is 2.68. The summed E-state index contributed by atoms with van der Waals surface area (Å²) in [5, 5.41) is 30.0. The first-order chi connectivity index (χ1) is 10.9. The first-order valence-electron chi connectivity index (χ1n) is 7.02. The largest absolute Gasteiger partial charge is 0.508 e. The molecular weight excluding hydrogens is 300 g/mol. The van der Waals surface area contributed by atoms with Gasteiger partial charge in [0.15, 0.2) is 5.60 Å². The molecule has 0 amide bonds. The number of Topliss-reactive ketones (excluding diaryl/α,β-unsaturated/α-hetero) is 1. The van der Waals surface area contributed by atoms with Crippen molar-refractivity contribution in [3.05, 3.63) is 47.5 Å². The summed E-state index contributed by atoms with van der Waals surface area (Å²) in [6.45, 7) is -0.256. The van der Waals surface area contributed by atoms with Gasteiger partial charge in [-0.3, -0.25) is 4.79 Å². The molecule has 120 valence electrons. The van der Waals surface area contributed by atoms with Gasteiger partial charge in [-0.15, -0.1) is 0 Å². The molecule has 0 saturated heterocycles. The minimum absolute atomic E-state index is 0.0373. The van der Waals surface area contributed by atoms with Crippen LogP contribution in [-0.2, 0) is 6.42 Å². The number of rotatable bonds is 3. The zero-order valence-corrected chi connectivity index (χ0v) is 12.4. The van der Waals surface area contributed by atoms with E-state index in [1.54, 1.807) is 31.4 Å². The van der Waals surface area contributed by atoms with Crippen LogP contribution in [-0.4, -0.2) is 40.4 Å². The number of ketones is 1. The Labute approximate surface area is 132 Å². The van der Waals surface area contributed by atoms with E-state index in [0.29, 0.717) is 5.75 Å². The number of carbonyl (C=O) groups is 1. The second-order valence-corrected chi connectivity index (χ2v) is 5.51. The number of aliphatic hydroxyl groups is 1. The lowest BCUT2D eigenvalue weighted by atomic mass is 9.85. The minimum atomic E-state index is -1.78. The molecular formula is C17H16O6. The maximum Gasteiger partial charge on any atom is 0.205 e. The first-order valence-corrected chi connectivity index (χ1v) is 7.02. The van der Waals surface area contributed by atoms with Crippen LogP contribution >= 0.6 is 0 Å². The van der Waals surface area contributed by atoms with Crippen molar-refractivity contribution < 1.29 is 29.6 Å². The summed E-state index contributed by atoms with van der Waals surface area (Å²) in [4.78, 5) is 12.6. The van der Waals surface area contributed by atoms with E-state index in [-0.39, 0.29) is 30.1 Å². The van der Waals surface area contributed by atoms with E-state index in [1.807, 2.05) is 0 Å². The highest BCUT2D eigenvalue weighted by Crippen LogP contribution is 2.39. The van der Waals surface area contributed by atoms with Crippen LogP contribution in [0.3, 0.4) is 0 Å². The number of ether oxygens (including phenoxy) is 2. The van der Waals surface area contributed by atoms with E-state index < -0.39 is 17.1 Å². The Bertz CT molecular complexity index is 752. The van der Waals surface area contributed by atoms with Crippen LogP contribution in [0.5, 0.6) is 23.0 Å². The Morgan fingerprint density at radius 2 is 1.91 bits per heavy atom. The summed E-state index contributed by atoms with van der Waals surface area (Å²) >= 11 is 0. The lowest BCUT2D eigenvalue weighted by Crippen LogP contribution is -2.49. The maximum absolute atomic E-state index is 12.6. The highest BCUT2D eigenvalue weighted by atomic mass is 16.5. The Hall–Kier alpha value is -2.73. The molecule has 2 aromatic carbocycles. The highest BCUT2D eigenvalue weighted by Gasteiger charge is 2.44. The summed E-state index contributed by atoms with van der Waals surface area (Å²) < 4.78 is 10.4. The van der Waals surface area contributed by atoms with Crippen molar-refractivity contribution in [2.24, 2.45) is 0 Å². The van der Waals surface area contributed by atoms with Crippen LogP contribution in [0.25, 0.3) is 0 Å². The second kappa shape index (κ2) is 5.48. The number of hydrogen-bond donors (Lipinski definition) is 3. The topological polar surface area (TPSA) is 96.2 Å². The van der Waals surface area contributed by atoms with Crippen molar-refractivity contribution in [3.63, 3.8) is 0 Å². The first kappa shape index (κ1) is 15.2. The Morgan fingerprint density at radius 3 is 2.57 bits per heavy atom. The number of hydrogen-bond acceptors (Lipinski definition) is 6. The fraction of sp³-hybridized carbons (Fsp3) is 0.235. The van der Waals surface area contributed by atoms with Crippen LogP contribution in [0.4, 0.5) is 0 Å². The third-order valence-corrected chi connectivity index (χ3v) is 3.84. The standard InChI is InChI=1S/C17H16O6/c1-22-12-4-2-10(3-5-12)8-17(21)9-23-14-7-11(18)6-13(19)15(14)16(17)20/h2-7,18-19,21H,8-9H2,1H3/t17-/m1/s1. The van der Waals surface area contributed by atoms with Crippen LogP contribution in [0.2, 0.25) is 0 Å². The Balaban J connectivity index is 1.91. The van der Waals surface area contributed by atoms with Crippen molar-refractivity contribution in [1.82, 2.24) is 0 Å². The van der Waals surface area contributed by atoms with E-state index in [0.717, 1.165) is 11.6 Å². The predicted molar refractivity (Wildman–Crippen MR) is 81.2 cm³/mol. The van der Waals surface area contributed by atoms with Crippen molar-refractivity contribution in [2.45, 2.75) is 12.0 Å². The maximum atomic E-state index is 12.6. The molecule has 6 heteroatoms. The molecule has 3 N–H and O–H groups in total. The summed E-state index contributed by atoms with van der Waals surface area (Å²) in [6.07, 6.45) is 0.0373. The number of fused-ring (bicyclic) bond motifs is 1. The molecule has 23 heavy (non-hydrogen) atoms. The molecule has 3 rings (SSSR count). The van der Waals surface area contributed by atoms with E-state index in [2.05, 4.69) is 0 Å². The molecule has 0 radical (unpaired) electrons. The average Bonchev–Trinajstić information content (AvgIpc) is 2.52.